The van der Waals surface area contributed by atoms with E-state index in [0.717, 1.165) is 33.9 Å². The number of sulfone groups is 1. The first kappa shape index (κ1) is 15.5. The Morgan fingerprint density at radius 2 is 2.00 bits per heavy atom. The zero-order valence-electron chi connectivity index (χ0n) is 12.1. The van der Waals surface area contributed by atoms with Crippen molar-refractivity contribution in [2.24, 2.45) is 0 Å². The molecule has 116 valence electrons. The Morgan fingerprint density at radius 3 is 2.57 bits per heavy atom. The van der Waals surface area contributed by atoms with Crippen molar-refractivity contribution in [3.8, 4) is 0 Å². The average Bonchev–Trinajstić information content (AvgIpc) is 3.21. The molecular formula is C14H20IN3O2S. The lowest BCUT2D eigenvalue weighted by atomic mass is 10.1. The lowest BCUT2D eigenvalue weighted by molar-refractivity contribution is 0.601. The Morgan fingerprint density at radius 1 is 1.24 bits per heavy atom. The number of halogens is 1. The standard InChI is InChI=1S/C14H20IN3O2S/c1-2-6-16-14-11(15)12(9-3-4-9)17-13(18-14)10-5-7-21(19,20)8-10/h9-10H,2-8H2,1H3,(H,16,17,18). The lowest BCUT2D eigenvalue weighted by Crippen LogP contribution is -2.14. The van der Waals surface area contributed by atoms with E-state index in [-0.39, 0.29) is 17.4 Å². The molecular weight excluding hydrogens is 401 g/mol. The van der Waals surface area contributed by atoms with E-state index in [4.69, 9.17) is 4.98 Å². The van der Waals surface area contributed by atoms with Crippen LogP contribution in [-0.2, 0) is 9.84 Å². The number of aromatic nitrogens is 2. The topological polar surface area (TPSA) is 72.0 Å². The number of rotatable bonds is 5. The monoisotopic (exact) mass is 421 g/mol. The van der Waals surface area contributed by atoms with Crippen LogP contribution in [0.3, 0.4) is 0 Å². The molecule has 0 bridgehead atoms. The molecule has 1 atom stereocenters. The normalized spacial score (nSPS) is 24.2. The second-order valence-electron chi connectivity index (χ2n) is 5.93. The fraction of sp³-hybridized carbons (Fsp3) is 0.714. The van der Waals surface area contributed by atoms with E-state index in [1.54, 1.807) is 0 Å². The minimum Gasteiger partial charge on any atom is -0.369 e. The molecule has 1 aromatic rings. The van der Waals surface area contributed by atoms with Gasteiger partial charge in [0.05, 0.1) is 20.8 Å². The highest BCUT2D eigenvalue weighted by Crippen LogP contribution is 2.43. The summed E-state index contributed by atoms with van der Waals surface area (Å²) in [6, 6.07) is 0. The Balaban J connectivity index is 1.94. The summed E-state index contributed by atoms with van der Waals surface area (Å²) in [5.41, 5.74) is 1.11. The van der Waals surface area contributed by atoms with E-state index < -0.39 is 9.84 Å². The SMILES string of the molecule is CCCNc1nc(C2CCS(=O)(=O)C2)nc(C2CC2)c1I. The quantitative estimate of drug-likeness (QED) is 0.741. The molecule has 1 unspecified atom stereocenters. The summed E-state index contributed by atoms with van der Waals surface area (Å²) in [6.07, 6.45) is 4.05. The van der Waals surface area contributed by atoms with E-state index >= 15 is 0 Å². The largest absolute Gasteiger partial charge is 0.369 e. The van der Waals surface area contributed by atoms with Gasteiger partial charge in [-0.05, 0) is 48.3 Å². The van der Waals surface area contributed by atoms with Gasteiger partial charge in [-0.2, -0.15) is 0 Å². The molecule has 1 aliphatic carbocycles. The maximum atomic E-state index is 11.7. The highest BCUT2D eigenvalue weighted by atomic mass is 127. The second kappa shape index (κ2) is 5.98. The van der Waals surface area contributed by atoms with Crippen LogP contribution in [0.15, 0.2) is 0 Å². The Labute approximate surface area is 139 Å². The summed E-state index contributed by atoms with van der Waals surface area (Å²) < 4.78 is 24.5. The molecule has 0 aromatic carbocycles. The van der Waals surface area contributed by atoms with Crippen molar-refractivity contribution in [1.82, 2.24) is 9.97 Å². The number of hydrogen-bond donors (Lipinski definition) is 1. The van der Waals surface area contributed by atoms with Crippen LogP contribution in [0.25, 0.3) is 0 Å². The molecule has 3 rings (SSSR count). The number of hydrogen-bond acceptors (Lipinski definition) is 5. The van der Waals surface area contributed by atoms with Crippen LogP contribution in [0.2, 0.25) is 0 Å². The maximum absolute atomic E-state index is 11.7. The third-order valence-electron chi connectivity index (χ3n) is 4.00. The number of nitrogens with one attached hydrogen (secondary N) is 1. The van der Waals surface area contributed by atoms with E-state index in [9.17, 15) is 8.42 Å². The minimum absolute atomic E-state index is 0.0355. The Bertz CT molecular complexity index is 644. The first-order valence-electron chi connectivity index (χ1n) is 7.52. The summed E-state index contributed by atoms with van der Waals surface area (Å²) in [7, 11) is -2.90. The van der Waals surface area contributed by atoms with Crippen molar-refractivity contribution in [2.75, 3.05) is 23.4 Å². The molecule has 0 amide bonds. The Hall–Kier alpha value is -0.440. The first-order valence-corrected chi connectivity index (χ1v) is 10.4. The zero-order valence-corrected chi connectivity index (χ0v) is 15.1. The van der Waals surface area contributed by atoms with Gasteiger partial charge in [-0.3, -0.25) is 0 Å². The highest BCUT2D eigenvalue weighted by molar-refractivity contribution is 14.1. The van der Waals surface area contributed by atoms with Gasteiger partial charge in [-0.15, -0.1) is 0 Å². The van der Waals surface area contributed by atoms with Crippen molar-refractivity contribution in [2.45, 2.75) is 44.4 Å². The molecule has 1 N–H and O–H groups in total. The minimum atomic E-state index is -2.90. The van der Waals surface area contributed by atoms with Gasteiger partial charge in [0.2, 0.25) is 0 Å². The lowest BCUT2D eigenvalue weighted by Gasteiger charge is -2.15. The third-order valence-corrected chi connectivity index (χ3v) is 6.83. The predicted molar refractivity (Wildman–Crippen MR) is 91.5 cm³/mol. The van der Waals surface area contributed by atoms with Gasteiger partial charge in [0, 0.05) is 18.4 Å². The fourth-order valence-corrected chi connectivity index (χ4v) is 5.26. The zero-order chi connectivity index (χ0) is 15.0. The van der Waals surface area contributed by atoms with Crippen molar-refractivity contribution in [3.05, 3.63) is 15.1 Å². The molecule has 2 heterocycles. The molecule has 1 saturated carbocycles. The fourth-order valence-electron chi connectivity index (χ4n) is 2.65. The van der Waals surface area contributed by atoms with Gasteiger partial charge in [-0.25, -0.2) is 18.4 Å². The molecule has 1 saturated heterocycles. The number of nitrogens with zero attached hydrogens (tertiary/aromatic N) is 2. The van der Waals surface area contributed by atoms with Gasteiger partial charge in [0.25, 0.3) is 0 Å². The average molecular weight is 421 g/mol. The molecule has 2 fully saturated rings. The van der Waals surface area contributed by atoms with Crippen LogP contribution in [0, 0.1) is 3.57 Å². The summed E-state index contributed by atoms with van der Waals surface area (Å²) >= 11 is 2.32. The molecule has 0 radical (unpaired) electrons. The molecule has 1 aliphatic heterocycles. The highest BCUT2D eigenvalue weighted by Gasteiger charge is 2.34. The molecule has 5 nitrogen and oxygen atoms in total. The van der Waals surface area contributed by atoms with Crippen molar-refractivity contribution in [3.63, 3.8) is 0 Å². The maximum Gasteiger partial charge on any atom is 0.151 e. The molecule has 0 spiro atoms. The number of anilines is 1. The van der Waals surface area contributed by atoms with Crippen LogP contribution in [0.5, 0.6) is 0 Å². The van der Waals surface area contributed by atoms with Crippen LogP contribution in [0.1, 0.15) is 56.0 Å². The smallest absolute Gasteiger partial charge is 0.151 e. The van der Waals surface area contributed by atoms with Gasteiger partial charge >= 0.3 is 0 Å². The summed E-state index contributed by atoms with van der Waals surface area (Å²) in [6.45, 7) is 2.99. The van der Waals surface area contributed by atoms with Crippen molar-refractivity contribution >= 4 is 38.2 Å². The Kier molecular flexibility index (Phi) is 4.40. The van der Waals surface area contributed by atoms with Gasteiger partial charge < -0.3 is 5.32 Å². The van der Waals surface area contributed by atoms with Gasteiger partial charge in [0.15, 0.2) is 9.84 Å². The third kappa shape index (κ3) is 3.49. The molecule has 7 heteroatoms. The molecule has 21 heavy (non-hydrogen) atoms. The molecule has 2 aliphatic rings. The second-order valence-corrected chi connectivity index (χ2v) is 9.24. The molecule has 1 aromatic heterocycles. The van der Waals surface area contributed by atoms with Crippen LogP contribution in [-0.4, -0.2) is 36.4 Å². The summed E-state index contributed by atoms with van der Waals surface area (Å²) in [5, 5.41) is 3.36. The van der Waals surface area contributed by atoms with Crippen molar-refractivity contribution in [1.29, 1.82) is 0 Å². The van der Waals surface area contributed by atoms with Gasteiger partial charge in [-0.1, -0.05) is 6.92 Å². The van der Waals surface area contributed by atoms with Crippen LogP contribution >= 0.6 is 22.6 Å². The van der Waals surface area contributed by atoms with E-state index in [1.165, 1.54) is 12.8 Å². The van der Waals surface area contributed by atoms with Gasteiger partial charge in [0.1, 0.15) is 11.6 Å². The predicted octanol–water partition coefficient (Wildman–Crippen LogP) is 2.68. The van der Waals surface area contributed by atoms with Crippen LogP contribution < -0.4 is 5.32 Å². The van der Waals surface area contributed by atoms with E-state index in [1.807, 2.05) is 0 Å². The van der Waals surface area contributed by atoms with E-state index in [0.29, 0.717) is 12.3 Å². The first-order chi connectivity index (χ1) is 10.00. The summed E-state index contributed by atoms with van der Waals surface area (Å²) in [5.74, 6) is 2.57. The van der Waals surface area contributed by atoms with Crippen LogP contribution in [0.4, 0.5) is 5.82 Å². The van der Waals surface area contributed by atoms with E-state index in [2.05, 4.69) is 39.8 Å². The van der Waals surface area contributed by atoms with Crippen molar-refractivity contribution < 1.29 is 8.42 Å². The summed E-state index contributed by atoms with van der Waals surface area (Å²) in [4.78, 5) is 9.36.